The number of hydrogen-bond acceptors (Lipinski definition) is 5. The summed E-state index contributed by atoms with van der Waals surface area (Å²) in [7, 11) is 0. The lowest BCUT2D eigenvalue weighted by atomic mass is 10.4. The molecule has 15 heavy (non-hydrogen) atoms. The highest BCUT2D eigenvalue weighted by Crippen LogP contribution is 2.07. The van der Waals surface area contributed by atoms with E-state index in [9.17, 15) is 0 Å². The zero-order chi connectivity index (χ0) is 10.7. The molecule has 6 nitrogen and oxygen atoms in total. The summed E-state index contributed by atoms with van der Waals surface area (Å²) in [6, 6.07) is 3.39. The van der Waals surface area contributed by atoms with Crippen molar-refractivity contribution >= 4 is 23.2 Å². The van der Waals surface area contributed by atoms with Crippen LogP contribution < -0.4 is 5.32 Å². The molecule has 2 rings (SSSR count). The van der Waals surface area contributed by atoms with Gasteiger partial charge in [-0.2, -0.15) is 4.98 Å². The molecule has 2 aromatic heterocycles. The summed E-state index contributed by atoms with van der Waals surface area (Å²) in [5, 5.41) is 19.9. The Hall–Kier alpha value is -1.40. The van der Waals surface area contributed by atoms with Crippen LogP contribution in [0.15, 0.2) is 12.1 Å². The molecule has 0 aromatic carbocycles. The maximum atomic E-state index is 8.60. The van der Waals surface area contributed by atoms with Crippen LogP contribution >= 0.6 is 11.6 Å². The number of nitrogens with one attached hydrogen (secondary N) is 1. The number of anilines is 1. The van der Waals surface area contributed by atoms with Crippen molar-refractivity contribution in [2.75, 3.05) is 18.5 Å². The Bertz CT molecular complexity index is 457. The monoisotopic (exact) mass is 227 g/mol. The molecule has 0 unspecified atom stereocenters. The molecule has 0 radical (unpaired) electrons. The quantitative estimate of drug-likeness (QED) is 0.747. The molecule has 0 bridgehead atoms. The van der Waals surface area contributed by atoms with E-state index in [-0.39, 0.29) is 6.61 Å². The first-order valence-electron chi connectivity index (χ1n) is 4.54. The summed E-state index contributed by atoms with van der Waals surface area (Å²) < 4.78 is 1.36. The zero-order valence-electron chi connectivity index (χ0n) is 7.89. The van der Waals surface area contributed by atoms with Gasteiger partial charge in [0, 0.05) is 13.2 Å². The predicted octanol–water partition coefficient (Wildman–Crippen LogP) is 0.572. The third-order valence-corrected chi connectivity index (χ3v) is 1.99. The van der Waals surface area contributed by atoms with Gasteiger partial charge in [-0.1, -0.05) is 11.6 Å². The van der Waals surface area contributed by atoms with Gasteiger partial charge in [0.25, 0.3) is 0 Å². The first kappa shape index (κ1) is 10.1. The van der Waals surface area contributed by atoms with Gasteiger partial charge in [-0.15, -0.1) is 14.8 Å². The van der Waals surface area contributed by atoms with Crippen molar-refractivity contribution in [2.24, 2.45) is 0 Å². The number of nitrogens with zero attached hydrogens (tertiary/aromatic N) is 4. The molecule has 0 aliphatic rings. The summed E-state index contributed by atoms with van der Waals surface area (Å²) in [6.45, 7) is 0.769. The number of rotatable bonds is 4. The van der Waals surface area contributed by atoms with Crippen LogP contribution in [0.4, 0.5) is 5.95 Å². The van der Waals surface area contributed by atoms with Crippen LogP contribution in [0, 0.1) is 0 Å². The van der Waals surface area contributed by atoms with Crippen LogP contribution in [-0.2, 0) is 0 Å². The Morgan fingerprint density at radius 3 is 3.07 bits per heavy atom. The number of hydrogen-bond donors (Lipinski definition) is 2. The molecule has 2 aromatic rings. The molecule has 0 amide bonds. The predicted molar refractivity (Wildman–Crippen MR) is 56.0 cm³/mol. The van der Waals surface area contributed by atoms with Gasteiger partial charge < -0.3 is 10.4 Å². The van der Waals surface area contributed by atoms with E-state index < -0.39 is 0 Å². The van der Waals surface area contributed by atoms with Crippen LogP contribution in [0.25, 0.3) is 5.65 Å². The highest BCUT2D eigenvalue weighted by molar-refractivity contribution is 6.29. The molecule has 80 valence electrons. The Kier molecular flexibility index (Phi) is 2.98. The SMILES string of the molecule is OCCCNc1nc2ccc(Cl)nn2n1. The molecule has 2 heterocycles. The Morgan fingerprint density at radius 2 is 2.27 bits per heavy atom. The first-order chi connectivity index (χ1) is 7.29. The minimum Gasteiger partial charge on any atom is -0.396 e. The average Bonchev–Trinajstić information content (AvgIpc) is 2.60. The van der Waals surface area contributed by atoms with Gasteiger partial charge in [-0.3, -0.25) is 0 Å². The van der Waals surface area contributed by atoms with E-state index in [0.29, 0.717) is 29.7 Å². The van der Waals surface area contributed by atoms with Crippen molar-refractivity contribution in [1.29, 1.82) is 0 Å². The molecule has 0 spiro atoms. The minimum absolute atomic E-state index is 0.143. The second kappa shape index (κ2) is 4.41. The fourth-order valence-corrected chi connectivity index (χ4v) is 1.25. The Balaban J connectivity index is 2.16. The zero-order valence-corrected chi connectivity index (χ0v) is 8.65. The maximum absolute atomic E-state index is 8.60. The van der Waals surface area contributed by atoms with Crippen molar-refractivity contribution in [3.8, 4) is 0 Å². The molecule has 0 fully saturated rings. The summed E-state index contributed by atoms with van der Waals surface area (Å²) in [5.41, 5.74) is 0.630. The standard InChI is InChI=1S/C8H10ClN5O/c9-6-2-3-7-11-8(10-4-1-5-15)13-14(7)12-6/h2-3,15H,1,4-5H2,(H,10,13). The molecular formula is C8H10ClN5O. The summed E-state index contributed by atoms with van der Waals surface area (Å²) in [6.07, 6.45) is 0.656. The van der Waals surface area contributed by atoms with Crippen molar-refractivity contribution in [3.05, 3.63) is 17.3 Å². The third kappa shape index (κ3) is 2.34. The van der Waals surface area contributed by atoms with Crippen molar-refractivity contribution < 1.29 is 5.11 Å². The molecule has 0 aliphatic carbocycles. The van der Waals surface area contributed by atoms with Crippen LogP contribution in [-0.4, -0.2) is 38.1 Å². The fraction of sp³-hybridized carbons (Fsp3) is 0.375. The molecule has 0 aliphatic heterocycles. The minimum atomic E-state index is 0.143. The number of aliphatic hydroxyl groups is 1. The smallest absolute Gasteiger partial charge is 0.244 e. The second-order valence-corrected chi connectivity index (χ2v) is 3.33. The normalized spacial score (nSPS) is 10.8. The van der Waals surface area contributed by atoms with Crippen LogP contribution in [0.1, 0.15) is 6.42 Å². The van der Waals surface area contributed by atoms with Gasteiger partial charge in [0.2, 0.25) is 5.95 Å². The highest BCUT2D eigenvalue weighted by atomic mass is 35.5. The molecule has 0 saturated carbocycles. The van der Waals surface area contributed by atoms with E-state index >= 15 is 0 Å². The lowest BCUT2D eigenvalue weighted by Gasteiger charge is -1.96. The second-order valence-electron chi connectivity index (χ2n) is 2.94. The lowest BCUT2D eigenvalue weighted by Crippen LogP contribution is -2.05. The van der Waals surface area contributed by atoms with Gasteiger partial charge in [0.1, 0.15) is 0 Å². The molecule has 0 atom stereocenters. The van der Waals surface area contributed by atoms with Crippen molar-refractivity contribution in [3.63, 3.8) is 0 Å². The molecule has 7 heteroatoms. The summed E-state index contributed by atoms with van der Waals surface area (Å²) >= 11 is 5.70. The maximum Gasteiger partial charge on any atom is 0.244 e. The van der Waals surface area contributed by atoms with E-state index in [1.54, 1.807) is 12.1 Å². The van der Waals surface area contributed by atoms with E-state index in [0.717, 1.165) is 0 Å². The van der Waals surface area contributed by atoms with E-state index in [4.69, 9.17) is 16.7 Å². The van der Waals surface area contributed by atoms with E-state index in [1.165, 1.54) is 4.63 Å². The van der Waals surface area contributed by atoms with E-state index in [2.05, 4.69) is 20.5 Å². The highest BCUT2D eigenvalue weighted by Gasteiger charge is 2.03. The number of aromatic nitrogens is 4. The van der Waals surface area contributed by atoms with Gasteiger partial charge in [0.15, 0.2) is 10.8 Å². The first-order valence-corrected chi connectivity index (χ1v) is 4.92. The van der Waals surface area contributed by atoms with Crippen LogP contribution in [0.2, 0.25) is 5.15 Å². The van der Waals surface area contributed by atoms with Crippen LogP contribution in [0.5, 0.6) is 0 Å². The van der Waals surface area contributed by atoms with Gasteiger partial charge in [-0.05, 0) is 18.6 Å². The van der Waals surface area contributed by atoms with Gasteiger partial charge in [-0.25, -0.2) is 0 Å². The number of fused-ring (bicyclic) bond motifs is 1. The number of halogens is 1. The molecular weight excluding hydrogens is 218 g/mol. The molecule has 2 N–H and O–H groups in total. The number of aliphatic hydroxyl groups excluding tert-OH is 1. The van der Waals surface area contributed by atoms with Gasteiger partial charge in [0.05, 0.1) is 0 Å². The summed E-state index contributed by atoms with van der Waals surface area (Å²) in [5.74, 6) is 0.484. The Morgan fingerprint density at radius 1 is 1.40 bits per heavy atom. The topological polar surface area (TPSA) is 75.3 Å². The fourth-order valence-electron chi connectivity index (χ4n) is 1.12. The van der Waals surface area contributed by atoms with Crippen molar-refractivity contribution in [2.45, 2.75) is 6.42 Å². The third-order valence-electron chi connectivity index (χ3n) is 1.79. The molecule has 0 saturated heterocycles. The lowest BCUT2D eigenvalue weighted by molar-refractivity contribution is 0.292. The largest absolute Gasteiger partial charge is 0.396 e. The van der Waals surface area contributed by atoms with Crippen LogP contribution in [0.3, 0.4) is 0 Å². The Labute approximate surface area is 90.9 Å². The van der Waals surface area contributed by atoms with Crippen molar-refractivity contribution in [1.82, 2.24) is 19.8 Å². The summed E-state index contributed by atoms with van der Waals surface area (Å²) in [4.78, 5) is 4.16. The van der Waals surface area contributed by atoms with Gasteiger partial charge >= 0.3 is 0 Å². The van der Waals surface area contributed by atoms with E-state index in [1.807, 2.05) is 0 Å². The average molecular weight is 228 g/mol.